The molecule has 0 bridgehead atoms. The molecule has 5 nitrogen and oxygen atoms in total. The van der Waals surface area contributed by atoms with Crippen molar-refractivity contribution < 1.29 is 4.79 Å². The van der Waals surface area contributed by atoms with Gasteiger partial charge in [0, 0.05) is 24.8 Å². The van der Waals surface area contributed by atoms with Gasteiger partial charge in [-0.05, 0) is 37.8 Å². The Balaban J connectivity index is 2.33. The summed E-state index contributed by atoms with van der Waals surface area (Å²) in [5.41, 5.74) is 3.84. The van der Waals surface area contributed by atoms with Gasteiger partial charge < -0.3 is 10.2 Å². The van der Waals surface area contributed by atoms with Crippen LogP contribution in [0.1, 0.15) is 55.2 Å². The summed E-state index contributed by atoms with van der Waals surface area (Å²) in [5.74, 6) is 0.960. The maximum atomic E-state index is 12.5. The van der Waals surface area contributed by atoms with Crippen LogP contribution >= 0.6 is 0 Å². The van der Waals surface area contributed by atoms with E-state index in [2.05, 4.69) is 54.3 Å². The van der Waals surface area contributed by atoms with E-state index in [4.69, 9.17) is 0 Å². The zero-order valence-electron chi connectivity index (χ0n) is 15.1. The van der Waals surface area contributed by atoms with Crippen LogP contribution in [0.2, 0.25) is 0 Å². The van der Waals surface area contributed by atoms with Crippen molar-refractivity contribution >= 4 is 17.4 Å². The zero-order chi connectivity index (χ0) is 17.7. The van der Waals surface area contributed by atoms with Gasteiger partial charge in [-0.2, -0.15) is 0 Å². The minimum Gasteiger partial charge on any atom is -0.340 e. The number of benzene rings is 1. The third kappa shape index (κ3) is 3.91. The van der Waals surface area contributed by atoms with Gasteiger partial charge in [0.15, 0.2) is 0 Å². The number of nitrogens with zero attached hydrogens (tertiary/aromatic N) is 3. The van der Waals surface area contributed by atoms with Crippen molar-refractivity contribution in [3.8, 4) is 0 Å². The Kier molecular flexibility index (Phi) is 5.90. The molecular weight excluding hydrogens is 300 g/mol. The Hall–Kier alpha value is -2.43. The Labute approximate surface area is 144 Å². The smallest absolute Gasteiger partial charge is 0.272 e. The van der Waals surface area contributed by atoms with Crippen LogP contribution in [0.15, 0.2) is 30.6 Å². The average Bonchev–Trinajstić information content (AvgIpc) is 2.57. The summed E-state index contributed by atoms with van der Waals surface area (Å²) < 4.78 is 0. The van der Waals surface area contributed by atoms with Gasteiger partial charge in [0.1, 0.15) is 17.8 Å². The molecule has 128 valence electrons. The van der Waals surface area contributed by atoms with Crippen LogP contribution in [-0.2, 0) is 0 Å². The molecule has 0 radical (unpaired) electrons. The van der Waals surface area contributed by atoms with Gasteiger partial charge >= 0.3 is 0 Å². The second-order valence-corrected chi connectivity index (χ2v) is 6.08. The fraction of sp³-hybridized carbons (Fsp3) is 0.421. The van der Waals surface area contributed by atoms with Crippen molar-refractivity contribution in [1.29, 1.82) is 0 Å². The monoisotopic (exact) mass is 326 g/mol. The van der Waals surface area contributed by atoms with Crippen LogP contribution in [0.3, 0.4) is 0 Å². The number of rotatable bonds is 6. The molecule has 0 aliphatic carbocycles. The predicted molar refractivity (Wildman–Crippen MR) is 97.8 cm³/mol. The van der Waals surface area contributed by atoms with Crippen LogP contribution in [0, 0.1) is 6.92 Å². The fourth-order valence-electron chi connectivity index (χ4n) is 2.69. The molecule has 5 heteroatoms. The third-order valence-corrected chi connectivity index (χ3v) is 4.12. The number of aryl methyl sites for hydroxylation is 1. The summed E-state index contributed by atoms with van der Waals surface area (Å²) in [4.78, 5) is 22.6. The molecule has 24 heavy (non-hydrogen) atoms. The number of para-hydroxylation sites is 1. The lowest BCUT2D eigenvalue weighted by molar-refractivity contribution is 0.0767. The van der Waals surface area contributed by atoms with Crippen molar-refractivity contribution in [3.63, 3.8) is 0 Å². The first-order chi connectivity index (χ1) is 11.5. The maximum Gasteiger partial charge on any atom is 0.272 e. The molecule has 0 unspecified atom stereocenters. The number of carbonyl (C=O) groups excluding carboxylic acids is 1. The molecule has 0 saturated heterocycles. The van der Waals surface area contributed by atoms with Gasteiger partial charge in [0.05, 0.1) is 0 Å². The van der Waals surface area contributed by atoms with E-state index in [0.717, 1.165) is 11.3 Å². The van der Waals surface area contributed by atoms with E-state index in [1.165, 1.54) is 11.9 Å². The molecule has 2 rings (SSSR count). The predicted octanol–water partition coefficient (Wildman–Crippen LogP) is 4.13. The molecule has 0 saturated carbocycles. The van der Waals surface area contributed by atoms with E-state index in [1.807, 2.05) is 13.8 Å². The molecular formula is C19H26N4O. The molecule has 1 N–H and O–H groups in total. The molecule has 0 fully saturated rings. The number of aromatic nitrogens is 2. The first-order valence-corrected chi connectivity index (χ1v) is 8.45. The topological polar surface area (TPSA) is 58.1 Å². The van der Waals surface area contributed by atoms with E-state index in [-0.39, 0.29) is 5.91 Å². The summed E-state index contributed by atoms with van der Waals surface area (Å²) >= 11 is 0. The van der Waals surface area contributed by atoms with Crippen molar-refractivity contribution in [2.24, 2.45) is 0 Å². The first kappa shape index (κ1) is 17.9. The Morgan fingerprint density at radius 3 is 2.54 bits per heavy atom. The van der Waals surface area contributed by atoms with E-state index < -0.39 is 0 Å². The highest BCUT2D eigenvalue weighted by atomic mass is 16.2. The van der Waals surface area contributed by atoms with E-state index in [9.17, 15) is 4.79 Å². The van der Waals surface area contributed by atoms with Gasteiger partial charge in [0.2, 0.25) is 0 Å². The van der Waals surface area contributed by atoms with Crippen LogP contribution in [-0.4, -0.2) is 33.9 Å². The summed E-state index contributed by atoms with van der Waals surface area (Å²) in [6, 6.07) is 7.96. The third-order valence-electron chi connectivity index (χ3n) is 4.12. The highest BCUT2D eigenvalue weighted by Crippen LogP contribution is 2.29. The van der Waals surface area contributed by atoms with Crippen molar-refractivity contribution in [2.75, 3.05) is 18.4 Å². The average molecular weight is 326 g/mol. The summed E-state index contributed by atoms with van der Waals surface area (Å²) in [7, 11) is 0. The minimum atomic E-state index is -0.0701. The number of hydrogen-bond donors (Lipinski definition) is 1. The minimum absolute atomic E-state index is 0.0701. The largest absolute Gasteiger partial charge is 0.340 e. The Morgan fingerprint density at radius 1 is 1.21 bits per heavy atom. The number of carbonyl (C=O) groups is 1. The molecule has 2 aromatic rings. The van der Waals surface area contributed by atoms with E-state index in [0.29, 0.717) is 30.5 Å². The second kappa shape index (κ2) is 7.90. The molecule has 1 aromatic carbocycles. The van der Waals surface area contributed by atoms with Gasteiger partial charge in [-0.3, -0.25) is 4.79 Å². The number of hydrogen-bond acceptors (Lipinski definition) is 4. The molecule has 0 atom stereocenters. The van der Waals surface area contributed by atoms with Gasteiger partial charge in [-0.25, -0.2) is 9.97 Å². The van der Waals surface area contributed by atoms with Crippen LogP contribution in [0.25, 0.3) is 0 Å². The maximum absolute atomic E-state index is 12.5. The van der Waals surface area contributed by atoms with E-state index in [1.54, 1.807) is 11.0 Å². The summed E-state index contributed by atoms with van der Waals surface area (Å²) in [6.45, 7) is 11.6. The highest BCUT2D eigenvalue weighted by molar-refractivity contribution is 5.93. The van der Waals surface area contributed by atoms with E-state index >= 15 is 0 Å². The molecule has 0 aliphatic rings. The first-order valence-electron chi connectivity index (χ1n) is 8.45. The van der Waals surface area contributed by atoms with Crippen LogP contribution < -0.4 is 5.32 Å². The Bertz CT molecular complexity index is 708. The lowest BCUT2D eigenvalue weighted by atomic mass is 9.98. The molecule has 1 heterocycles. The molecule has 1 amide bonds. The van der Waals surface area contributed by atoms with Crippen LogP contribution in [0.4, 0.5) is 11.5 Å². The number of amides is 1. The molecule has 0 spiro atoms. The quantitative estimate of drug-likeness (QED) is 0.867. The fourth-order valence-corrected chi connectivity index (χ4v) is 2.69. The summed E-state index contributed by atoms with van der Waals surface area (Å²) in [6.07, 6.45) is 1.44. The lowest BCUT2D eigenvalue weighted by Crippen LogP contribution is -2.31. The highest BCUT2D eigenvalue weighted by Gasteiger charge is 2.16. The van der Waals surface area contributed by atoms with Gasteiger partial charge in [-0.1, -0.05) is 32.0 Å². The van der Waals surface area contributed by atoms with Crippen molar-refractivity contribution in [2.45, 2.75) is 40.5 Å². The van der Waals surface area contributed by atoms with Crippen molar-refractivity contribution in [3.05, 3.63) is 47.4 Å². The van der Waals surface area contributed by atoms with Gasteiger partial charge in [0.25, 0.3) is 5.91 Å². The SMILES string of the molecule is CCN(CC)C(=O)c1cc(Nc2c(C)cccc2C(C)C)ncn1. The number of nitrogens with one attached hydrogen (secondary N) is 1. The Morgan fingerprint density at radius 2 is 1.92 bits per heavy atom. The van der Waals surface area contributed by atoms with Crippen LogP contribution in [0.5, 0.6) is 0 Å². The second-order valence-electron chi connectivity index (χ2n) is 6.08. The standard InChI is InChI=1S/C19H26N4O/c1-6-23(7-2)19(24)16-11-17(21-12-20-16)22-18-14(5)9-8-10-15(18)13(3)4/h8-13H,6-7H2,1-5H3,(H,20,21,22). The van der Waals surface area contributed by atoms with Gasteiger partial charge in [-0.15, -0.1) is 0 Å². The van der Waals surface area contributed by atoms with Crippen molar-refractivity contribution in [1.82, 2.24) is 14.9 Å². The number of anilines is 2. The molecule has 0 aliphatic heterocycles. The summed E-state index contributed by atoms with van der Waals surface area (Å²) in [5, 5.41) is 3.37. The zero-order valence-corrected chi connectivity index (χ0v) is 15.1. The molecule has 1 aromatic heterocycles. The normalized spacial score (nSPS) is 10.8. The lowest BCUT2D eigenvalue weighted by Gasteiger charge is -2.19.